The average Bonchev–Trinajstić information content (AvgIpc) is 3.27. The Hall–Kier alpha value is -9.52. The molecule has 19 heteroatoms. The summed E-state index contributed by atoms with van der Waals surface area (Å²) >= 11 is 0. The second-order valence-electron chi connectivity index (χ2n) is 13.2. The molecule has 0 aliphatic rings. The van der Waals surface area contributed by atoms with Gasteiger partial charge >= 0.3 is 35.8 Å². The fourth-order valence-corrected chi connectivity index (χ4v) is 6.36. The summed E-state index contributed by atoms with van der Waals surface area (Å²) < 4.78 is 0. The van der Waals surface area contributed by atoms with Crippen LogP contribution in [0.2, 0.25) is 0 Å². The van der Waals surface area contributed by atoms with Gasteiger partial charge in [0.25, 0.3) is 0 Å². The van der Waals surface area contributed by atoms with Gasteiger partial charge in [-0.2, -0.15) is 0 Å². The number of aromatic carboxylic acids is 6. The van der Waals surface area contributed by atoms with Gasteiger partial charge < -0.3 is 30.6 Å². The lowest BCUT2D eigenvalue weighted by Crippen LogP contribution is -2.21. The number of rotatable bonds is 15. The minimum absolute atomic E-state index is 0.0511. The molecular weight excluding hydrogens is 819 g/mol. The highest BCUT2D eigenvalue weighted by Gasteiger charge is 2.27. The number of pyridine rings is 4. The first kappa shape index (κ1) is 41.6. The van der Waals surface area contributed by atoms with Gasteiger partial charge in [-0.05, 0) is 91.0 Å². The smallest absolute Gasteiger partial charge is 0.354 e. The van der Waals surface area contributed by atoms with E-state index in [0.717, 1.165) is 0 Å². The zero-order chi connectivity index (χ0) is 44.9. The van der Waals surface area contributed by atoms with E-state index in [1.54, 1.807) is 0 Å². The van der Waals surface area contributed by atoms with Crippen molar-refractivity contribution in [2.45, 2.75) is 0 Å². The molecule has 4 aromatic heterocycles. The molecule has 0 bridgehead atoms. The van der Waals surface area contributed by atoms with Gasteiger partial charge in [0.15, 0.2) is 17.1 Å². The van der Waals surface area contributed by atoms with Crippen LogP contribution < -0.4 is 14.7 Å². The van der Waals surface area contributed by atoms with Gasteiger partial charge in [-0.15, -0.1) is 0 Å². The zero-order valence-electron chi connectivity index (χ0n) is 32.0. The Bertz CT molecular complexity index is 2500. The third-order valence-electron chi connectivity index (χ3n) is 9.10. The third kappa shape index (κ3) is 8.91. The fourth-order valence-electron chi connectivity index (χ4n) is 6.36. The highest BCUT2D eigenvalue weighted by atomic mass is 16.4. The van der Waals surface area contributed by atoms with Crippen LogP contribution in [0, 0.1) is 0 Å². The summed E-state index contributed by atoms with van der Waals surface area (Å²) in [5.74, 6) is -8.64. The Morgan fingerprint density at radius 3 is 0.921 bits per heavy atom. The minimum atomic E-state index is -1.40. The van der Waals surface area contributed by atoms with E-state index in [2.05, 4.69) is 15.0 Å². The van der Waals surface area contributed by atoms with Gasteiger partial charge in [-0.3, -0.25) is 14.7 Å². The minimum Gasteiger partial charge on any atom is -0.478 e. The Morgan fingerprint density at radius 2 is 0.603 bits per heavy atom. The van der Waals surface area contributed by atoms with Crippen LogP contribution in [0.4, 0.5) is 51.8 Å². The van der Waals surface area contributed by atoms with E-state index >= 15 is 0 Å². The van der Waals surface area contributed by atoms with Crippen LogP contribution in [-0.2, 0) is 0 Å². The van der Waals surface area contributed by atoms with Crippen molar-refractivity contribution in [3.8, 4) is 0 Å². The third-order valence-corrected chi connectivity index (χ3v) is 9.10. The van der Waals surface area contributed by atoms with Crippen LogP contribution in [0.15, 0.2) is 140 Å². The monoisotopic (exact) mass is 847 g/mol. The molecule has 0 atom stereocenters. The maximum Gasteiger partial charge on any atom is 0.354 e. The maximum absolute atomic E-state index is 12.3. The molecule has 0 aliphatic heterocycles. The van der Waals surface area contributed by atoms with E-state index in [4.69, 9.17) is 4.98 Å². The maximum atomic E-state index is 12.3. The number of benzene rings is 3. The van der Waals surface area contributed by atoms with Gasteiger partial charge in [-0.1, -0.05) is 36.4 Å². The molecule has 19 nitrogen and oxygen atoms in total. The highest BCUT2D eigenvalue weighted by molar-refractivity contribution is 5.94. The molecule has 63 heavy (non-hydrogen) atoms. The second kappa shape index (κ2) is 17.4. The summed E-state index contributed by atoms with van der Waals surface area (Å²) in [6, 6.07) is 31.6. The molecule has 0 spiro atoms. The van der Waals surface area contributed by atoms with Gasteiger partial charge in [0.05, 0.1) is 22.4 Å². The van der Waals surface area contributed by atoms with Crippen molar-refractivity contribution in [2.75, 3.05) is 14.7 Å². The normalized spacial score (nSPS) is 10.7. The van der Waals surface area contributed by atoms with E-state index in [1.807, 2.05) is 0 Å². The lowest BCUT2D eigenvalue weighted by atomic mass is 10.1. The van der Waals surface area contributed by atoms with Gasteiger partial charge in [-0.25, -0.2) is 48.7 Å². The number of aromatic nitrogens is 4. The summed E-state index contributed by atoms with van der Waals surface area (Å²) in [6.07, 6.45) is 0. The SMILES string of the molecule is O=C(O)c1cccc(N(c2cc(N(c3cccc(C(=O)O)c3)c3cccc(C(=O)O)n3)nc(N(c3cccc(C(=O)O)c3)c3cccc(C(=O)O)n3)c2)c2cccc(C(=O)O)n2)c1. The number of carboxylic acids is 6. The van der Waals surface area contributed by atoms with Crippen molar-refractivity contribution in [1.82, 2.24) is 19.9 Å². The van der Waals surface area contributed by atoms with Crippen molar-refractivity contribution in [3.05, 3.63) is 173 Å². The number of carbonyl (C=O) groups is 6. The molecule has 0 aliphatic carbocycles. The van der Waals surface area contributed by atoms with Crippen molar-refractivity contribution >= 4 is 87.7 Å². The van der Waals surface area contributed by atoms with Gasteiger partial charge in [0.2, 0.25) is 0 Å². The lowest BCUT2D eigenvalue weighted by Gasteiger charge is -2.31. The van der Waals surface area contributed by atoms with E-state index in [9.17, 15) is 59.4 Å². The molecule has 0 radical (unpaired) electrons. The molecule has 0 amide bonds. The fraction of sp³-hybridized carbons (Fsp3) is 0. The Morgan fingerprint density at radius 1 is 0.302 bits per heavy atom. The second-order valence-corrected chi connectivity index (χ2v) is 13.2. The number of hydrogen-bond acceptors (Lipinski definition) is 13. The van der Waals surface area contributed by atoms with Crippen molar-refractivity contribution in [2.24, 2.45) is 0 Å². The molecule has 0 fully saturated rings. The lowest BCUT2D eigenvalue weighted by molar-refractivity contribution is 0.0680. The molecule has 0 saturated heterocycles. The standard InChI is InChI=1S/C44H29N7O12/c52-39(53)24-7-1-10-27(19-24)49(34-16-4-13-31(45-34)42(58)59)30-22-37(50(28-11-2-8-25(20-28)40(54)55)35-17-5-14-32(46-35)43(60)61)48-38(23-30)51(29-12-3-9-26(21-29)41(56)57)36-18-6-15-33(47-36)44(62)63/h1-23H,(H,52,53)(H,54,55)(H,56,57)(H,58,59)(H,60,61)(H,62,63). The number of hydrogen-bond donors (Lipinski definition) is 6. The van der Waals surface area contributed by atoms with Gasteiger partial charge in [0.1, 0.15) is 29.1 Å². The summed E-state index contributed by atoms with van der Waals surface area (Å²) in [5.41, 5.74) is -1.40. The van der Waals surface area contributed by atoms with E-state index in [1.165, 1.54) is 154 Å². The number of carboxylic acid groups (broad SMARTS) is 6. The predicted molar refractivity (Wildman–Crippen MR) is 223 cm³/mol. The molecule has 312 valence electrons. The Labute approximate surface area is 354 Å². The molecular formula is C44H29N7O12. The van der Waals surface area contributed by atoms with Gasteiger partial charge in [0, 0.05) is 29.2 Å². The van der Waals surface area contributed by atoms with Crippen LogP contribution in [0.3, 0.4) is 0 Å². The van der Waals surface area contributed by atoms with E-state index in [-0.39, 0.29) is 68.5 Å². The summed E-state index contributed by atoms with van der Waals surface area (Å²) in [6.45, 7) is 0. The van der Waals surface area contributed by atoms with Crippen molar-refractivity contribution in [3.63, 3.8) is 0 Å². The van der Waals surface area contributed by atoms with E-state index in [0.29, 0.717) is 0 Å². The first-order chi connectivity index (χ1) is 30.2. The van der Waals surface area contributed by atoms with E-state index < -0.39 is 52.9 Å². The van der Waals surface area contributed by atoms with Crippen LogP contribution in [0.25, 0.3) is 0 Å². The first-order valence-corrected chi connectivity index (χ1v) is 18.2. The van der Waals surface area contributed by atoms with Crippen molar-refractivity contribution in [1.29, 1.82) is 0 Å². The zero-order valence-corrected chi connectivity index (χ0v) is 32.0. The summed E-state index contributed by atoms with van der Waals surface area (Å²) in [5, 5.41) is 59.9. The molecule has 7 rings (SSSR count). The van der Waals surface area contributed by atoms with Crippen LogP contribution in [0.5, 0.6) is 0 Å². The predicted octanol–water partition coefficient (Wildman–Crippen LogP) is 7.87. The van der Waals surface area contributed by atoms with Crippen LogP contribution in [-0.4, -0.2) is 86.4 Å². The summed E-state index contributed by atoms with van der Waals surface area (Å²) in [4.78, 5) is 95.6. The van der Waals surface area contributed by atoms with Crippen molar-refractivity contribution < 1.29 is 59.4 Å². The Balaban J connectivity index is 1.64. The van der Waals surface area contributed by atoms with Crippen LogP contribution in [0.1, 0.15) is 62.5 Å². The highest BCUT2D eigenvalue weighted by Crippen LogP contribution is 2.43. The molecule has 4 heterocycles. The van der Waals surface area contributed by atoms with Crippen LogP contribution >= 0.6 is 0 Å². The molecule has 7 aromatic rings. The number of anilines is 9. The molecule has 6 N–H and O–H groups in total. The quantitative estimate of drug-likeness (QED) is 0.0572. The first-order valence-electron chi connectivity index (χ1n) is 18.2. The molecule has 3 aromatic carbocycles. The summed E-state index contributed by atoms with van der Waals surface area (Å²) in [7, 11) is 0. The number of nitrogens with zero attached hydrogens (tertiary/aromatic N) is 7. The average molecular weight is 848 g/mol. The molecule has 0 unspecified atom stereocenters. The largest absolute Gasteiger partial charge is 0.478 e. The Kier molecular flexibility index (Phi) is 11.5. The molecule has 0 saturated carbocycles. The topological polar surface area (TPSA) is 285 Å².